The maximum absolute atomic E-state index is 11.4. The first kappa shape index (κ1) is 23.4. The van der Waals surface area contributed by atoms with Gasteiger partial charge in [0.05, 0.1) is 16.8 Å². The molecule has 3 aromatic rings. The van der Waals surface area contributed by atoms with Crippen LogP contribution in [0.2, 0.25) is 0 Å². The highest BCUT2D eigenvalue weighted by molar-refractivity contribution is 6.73. The van der Waals surface area contributed by atoms with E-state index in [4.69, 9.17) is 14.0 Å². The lowest BCUT2D eigenvalue weighted by Gasteiger charge is -2.32. The Morgan fingerprint density at radius 3 is 2.00 bits per heavy atom. The molecule has 0 aliphatic carbocycles. The molecule has 4 rings (SSSR count). The van der Waals surface area contributed by atoms with Crippen molar-refractivity contribution in [2.24, 2.45) is 5.92 Å². The average Bonchev–Trinajstić information content (AvgIpc) is 3.28. The Bertz CT molecular complexity index is 1160. The molecule has 1 aromatic carbocycles. The fraction of sp³-hybridized carbons (Fsp3) is 0.583. The summed E-state index contributed by atoms with van der Waals surface area (Å²) >= 11 is 0. The van der Waals surface area contributed by atoms with Gasteiger partial charge in [-0.3, -0.25) is 0 Å². The van der Waals surface area contributed by atoms with Gasteiger partial charge >= 0.3 is 14.2 Å². The Hall–Kier alpha value is -1.73. The third-order valence-corrected chi connectivity index (χ3v) is 7.77. The van der Waals surface area contributed by atoms with Gasteiger partial charge in [0, 0.05) is 45.1 Å². The first-order valence-corrected chi connectivity index (χ1v) is 11.5. The summed E-state index contributed by atoms with van der Waals surface area (Å²) in [5, 5.41) is 13.3. The number of H-pyrrole nitrogens is 2. The highest BCUT2D eigenvalue weighted by Gasteiger charge is 2.53. The molecule has 3 N–H and O–H groups in total. The maximum atomic E-state index is 11.4. The Labute approximate surface area is 191 Å². The highest BCUT2D eigenvalue weighted by atomic mass is 16.7. The van der Waals surface area contributed by atoms with Gasteiger partial charge in [-0.05, 0) is 72.4 Å². The number of hydrogen-bond acceptors (Lipinski definition) is 4. The van der Waals surface area contributed by atoms with Crippen LogP contribution in [0.25, 0.3) is 21.8 Å². The first-order chi connectivity index (χ1) is 14.7. The zero-order valence-electron chi connectivity index (χ0n) is 21.1. The molecular formula is C24H36B2N2O4. The minimum Gasteiger partial charge on any atom is -0.423 e. The van der Waals surface area contributed by atoms with Crippen molar-refractivity contribution < 1.29 is 19.0 Å². The zero-order valence-corrected chi connectivity index (χ0v) is 21.1. The van der Waals surface area contributed by atoms with Crippen LogP contribution < -0.4 is 10.9 Å². The lowest BCUT2D eigenvalue weighted by atomic mass is 9.68. The van der Waals surface area contributed by atoms with Crippen LogP contribution in [0.15, 0.2) is 12.4 Å². The van der Waals surface area contributed by atoms with Crippen LogP contribution in [0.5, 0.6) is 0 Å². The summed E-state index contributed by atoms with van der Waals surface area (Å²) < 4.78 is 19.2. The molecule has 1 fully saturated rings. The number of aromatic nitrogens is 2. The van der Waals surface area contributed by atoms with E-state index in [0.29, 0.717) is 0 Å². The van der Waals surface area contributed by atoms with E-state index >= 15 is 0 Å². The number of benzene rings is 1. The molecule has 0 saturated carbocycles. The van der Waals surface area contributed by atoms with Gasteiger partial charge in [-0.2, -0.15) is 0 Å². The van der Waals surface area contributed by atoms with Gasteiger partial charge in [-0.25, -0.2) is 0 Å². The van der Waals surface area contributed by atoms with Crippen LogP contribution in [0, 0.1) is 19.8 Å². The van der Waals surface area contributed by atoms with Crippen molar-refractivity contribution in [3.05, 3.63) is 23.5 Å². The smallest absolute Gasteiger partial charge is 0.423 e. The Balaban J connectivity index is 1.98. The fourth-order valence-corrected chi connectivity index (χ4v) is 4.34. The highest BCUT2D eigenvalue weighted by Crippen LogP contribution is 2.38. The van der Waals surface area contributed by atoms with E-state index in [1.165, 1.54) is 0 Å². The zero-order chi connectivity index (χ0) is 23.8. The van der Waals surface area contributed by atoms with E-state index in [1.807, 2.05) is 33.2 Å². The van der Waals surface area contributed by atoms with Crippen molar-refractivity contribution in [1.82, 2.24) is 9.97 Å². The number of rotatable bonds is 5. The minimum atomic E-state index is -1.09. The summed E-state index contributed by atoms with van der Waals surface area (Å²) in [6, 6.07) is 0. The molecule has 0 atom stereocenters. The molecule has 6 nitrogen and oxygen atoms in total. The molecule has 1 aliphatic heterocycles. The Morgan fingerprint density at radius 2 is 1.47 bits per heavy atom. The number of aryl methyl sites for hydroxylation is 2. The van der Waals surface area contributed by atoms with Crippen molar-refractivity contribution in [2.75, 3.05) is 0 Å². The van der Waals surface area contributed by atoms with Crippen molar-refractivity contribution in [1.29, 1.82) is 0 Å². The van der Waals surface area contributed by atoms with Crippen molar-refractivity contribution >= 4 is 47.0 Å². The van der Waals surface area contributed by atoms with Gasteiger partial charge in [0.1, 0.15) is 0 Å². The van der Waals surface area contributed by atoms with Crippen LogP contribution in [0.4, 0.5) is 0 Å². The molecule has 0 amide bonds. The summed E-state index contributed by atoms with van der Waals surface area (Å²) in [4.78, 5) is 6.84. The second kappa shape index (κ2) is 7.39. The van der Waals surface area contributed by atoms with E-state index in [2.05, 4.69) is 58.4 Å². The molecule has 0 bridgehead atoms. The predicted molar refractivity (Wildman–Crippen MR) is 133 cm³/mol. The molecular weight excluding hydrogens is 402 g/mol. The predicted octanol–water partition coefficient (Wildman–Crippen LogP) is 3.70. The van der Waals surface area contributed by atoms with Crippen molar-refractivity contribution in [3.8, 4) is 0 Å². The summed E-state index contributed by atoms with van der Waals surface area (Å²) in [5.74, 6) is 0.241. The van der Waals surface area contributed by atoms with Gasteiger partial charge < -0.3 is 29.0 Å². The number of fused-ring (bicyclic) bond motifs is 2. The van der Waals surface area contributed by atoms with Crippen molar-refractivity contribution in [3.63, 3.8) is 0 Å². The van der Waals surface area contributed by atoms with E-state index < -0.39 is 31.0 Å². The normalized spacial score (nSPS) is 18.4. The molecule has 8 heteroatoms. The quantitative estimate of drug-likeness (QED) is 0.531. The molecule has 32 heavy (non-hydrogen) atoms. The third kappa shape index (κ3) is 3.43. The van der Waals surface area contributed by atoms with Gasteiger partial charge in [-0.1, -0.05) is 13.8 Å². The van der Waals surface area contributed by atoms with Crippen LogP contribution in [0.3, 0.4) is 0 Å². The largest absolute Gasteiger partial charge is 0.497 e. The molecule has 172 valence electrons. The molecule has 2 aromatic heterocycles. The fourth-order valence-electron chi connectivity index (χ4n) is 4.34. The lowest BCUT2D eigenvalue weighted by molar-refractivity contribution is 0.00578. The van der Waals surface area contributed by atoms with Crippen molar-refractivity contribution in [2.45, 2.75) is 86.0 Å². The van der Waals surface area contributed by atoms with E-state index in [-0.39, 0.29) is 5.92 Å². The second-order valence-corrected chi connectivity index (χ2v) is 11.1. The summed E-state index contributed by atoms with van der Waals surface area (Å²) in [5.41, 5.74) is 4.17. The second-order valence-electron chi connectivity index (χ2n) is 11.1. The first-order valence-electron chi connectivity index (χ1n) is 11.5. The summed E-state index contributed by atoms with van der Waals surface area (Å²) in [7, 11) is -1.62. The standard InChI is InChI=1S/C24H36B2N2O4/c1-13(2)22(5,6)30-25(29)18-16-14(3)11-28-21(16)19(17-15(4)12-27-20(17)18)26-31-23(7,8)24(9,10)32-26/h11-13,27-29H,1-10H3. The van der Waals surface area contributed by atoms with Crippen LogP contribution in [0.1, 0.15) is 66.5 Å². The van der Waals surface area contributed by atoms with Gasteiger partial charge in [0.15, 0.2) is 0 Å². The Morgan fingerprint density at radius 1 is 0.969 bits per heavy atom. The maximum Gasteiger partial charge on any atom is 0.497 e. The molecule has 1 aliphatic rings. The molecule has 0 unspecified atom stereocenters. The minimum absolute atomic E-state index is 0.241. The van der Waals surface area contributed by atoms with Gasteiger partial charge in [-0.15, -0.1) is 0 Å². The van der Waals surface area contributed by atoms with Crippen LogP contribution >= 0.6 is 0 Å². The molecule has 0 spiro atoms. The van der Waals surface area contributed by atoms with Gasteiger partial charge in [0.2, 0.25) is 0 Å². The topological polar surface area (TPSA) is 79.5 Å². The lowest BCUT2D eigenvalue weighted by Crippen LogP contribution is -2.46. The number of hydrogen-bond donors (Lipinski definition) is 3. The monoisotopic (exact) mass is 438 g/mol. The Kier molecular flexibility index (Phi) is 5.41. The molecule has 3 heterocycles. The molecule has 0 radical (unpaired) electrons. The summed E-state index contributed by atoms with van der Waals surface area (Å²) in [6.07, 6.45) is 3.94. The van der Waals surface area contributed by atoms with E-state index in [1.54, 1.807) is 0 Å². The van der Waals surface area contributed by atoms with Crippen LogP contribution in [-0.2, 0) is 14.0 Å². The number of aromatic amines is 2. The summed E-state index contributed by atoms with van der Waals surface area (Å²) in [6.45, 7) is 20.6. The van der Waals surface area contributed by atoms with Gasteiger partial charge in [0.25, 0.3) is 0 Å². The molecule has 1 saturated heterocycles. The van der Waals surface area contributed by atoms with Crippen LogP contribution in [-0.4, -0.2) is 46.0 Å². The number of nitrogens with one attached hydrogen (secondary N) is 2. The SMILES string of the molecule is Cc1c[nH]c2c(B3OC(C)(C)C(C)(C)O3)c3c(C)c[nH]c3c(B(O)OC(C)(C)C(C)C)c12. The average molecular weight is 438 g/mol. The third-order valence-electron chi connectivity index (χ3n) is 7.77. The van der Waals surface area contributed by atoms with E-state index in [0.717, 1.165) is 43.9 Å². The van der Waals surface area contributed by atoms with E-state index in [9.17, 15) is 5.02 Å².